The van der Waals surface area contributed by atoms with Crippen LogP contribution < -0.4 is 10.6 Å². The van der Waals surface area contributed by atoms with Crippen LogP contribution in [0.5, 0.6) is 0 Å². The smallest absolute Gasteiger partial charge is 0.315 e. The molecule has 0 saturated heterocycles. The first kappa shape index (κ1) is 15.6. The highest BCUT2D eigenvalue weighted by Crippen LogP contribution is 2.18. The van der Waals surface area contributed by atoms with E-state index in [0.29, 0.717) is 0 Å². The van der Waals surface area contributed by atoms with E-state index in [1.54, 1.807) is 11.8 Å². The fourth-order valence-corrected chi connectivity index (χ4v) is 2.53. The van der Waals surface area contributed by atoms with Gasteiger partial charge in [-0.3, -0.25) is 4.40 Å². The van der Waals surface area contributed by atoms with Crippen molar-refractivity contribution in [2.75, 3.05) is 12.0 Å². The first-order chi connectivity index (χ1) is 10.1. The van der Waals surface area contributed by atoms with Crippen LogP contribution >= 0.6 is 11.8 Å². The molecule has 0 fully saturated rings. The van der Waals surface area contributed by atoms with Gasteiger partial charge in [-0.1, -0.05) is 6.07 Å². The van der Waals surface area contributed by atoms with Crippen LogP contribution in [0.2, 0.25) is 0 Å². The molecule has 114 valence electrons. The first-order valence-electron chi connectivity index (χ1n) is 6.97. The van der Waals surface area contributed by atoms with Crippen molar-refractivity contribution >= 4 is 23.4 Å². The minimum absolute atomic E-state index is 0.0985. The third kappa shape index (κ3) is 4.10. The predicted octanol–water partition coefficient (Wildman–Crippen LogP) is 2.23. The number of thioether (sulfide) groups is 1. The summed E-state index contributed by atoms with van der Waals surface area (Å²) in [6, 6.07) is 5.51. The van der Waals surface area contributed by atoms with E-state index in [4.69, 9.17) is 0 Å². The second-order valence-electron chi connectivity index (χ2n) is 5.09. The van der Waals surface area contributed by atoms with Crippen LogP contribution in [0.15, 0.2) is 24.4 Å². The van der Waals surface area contributed by atoms with Gasteiger partial charge in [-0.15, -0.1) is 10.2 Å². The molecule has 2 heterocycles. The summed E-state index contributed by atoms with van der Waals surface area (Å²) in [4.78, 5) is 12.0. The van der Waals surface area contributed by atoms with Gasteiger partial charge in [-0.2, -0.15) is 11.8 Å². The lowest BCUT2D eigenvalue weighted by molar-refractivity contribution is 0.233. The highest BCUT2D eigenvalue weighted by atomic mass is 32.2. The predicted molar refractivity (Wildman–Crippen MR) is 85.5 cm³/mol. The molecule has 2 rings (SSSR count). The first-order valence-corrected chi connectivity index (χ1v) is 8.37. The summed E-state index contributed by atoms with van der Waals surface area (Å²) in [5, 5.41) is 14.2. The van der Waals surface area contributed by atoms with Gasteiger partial charge < -0.3 is 10.6 Å². The monoisotopic (exact) mass is 307 g/mol. The van der Waals surface area contributed by atoms with Crippen LogP contribution in [0.1, 0.15) is 32.1 Å². The van der Waals surface area contributed by atoms with Crippen LogP contribution in [-0.2, 0) is 0 Å². The Kier molecular flexibility index (Phi) is 5.44. The van der Waals surface area contributed by atoms with Crippen molar-refractivity contribution in [3.63, 3.8) is 0 Å². The molecule has 0 aliphatic carbocycles. The van der Waals surface area contributed by atoms with Crippen molar-refractivity contribution in [3.05, 3.63) is 30.2 Å². The summed E-state index contributed by atoms with van der Waals surface area (Å²) in [5.74, 6) is 1.70. The lowest BCUT2D eigenvalue weighted by Gasteiger charge is -2.18. The van der Waals surface area contributed by atoms with Crippen LogP contribution in [0.3, 0.4) is 0 Å². The quantitative estimate of drug-likeness (QED) is 0.858. The highest BCUT2D eigenvalue weighted by Gasteiger charge is 2.20. The maximum Gasteiger partial charge on any atom is 0.315 e. The highest BCUT2D eigenvalue weighted by molar-refractivity contribution is 7.98. The molecule has 2 N–H and O–H groups in total. The largest absolute Gasteiger partial charge is 0.336 e. The number of urea groups is 1. The summed E-state index contributed by atoms with van der Waals surface area (Å²) in [6.45, 7) is 3.87. The zero-order valence-electron chi connectivity index (χ0n) is 12.5. The van der Waals surface area contributed by atoms with Gasteiger partial charge >= 0.3 is 6.03 Å². The van der Waals surface area contributed by atoms with Crippen molar-refractivity contribution in [2.24, 2.45) is 0 Å². The number of aromatic nitrogens is 3. The molecule has 0 bridgehead atoms. The van der Waals surface area contributed by atoms with Crippen LogP contribution in [0.25, 0.3) is 5.65 Å². The number of carbonyl (C=O) groups excluding carboxylic acids is 1. The standard InChI is InChI=1S/C14H21N5OS/c1-10(2)15-14(20)16-11(7-9-21-3)13-18-17-12-6-4-5-8-19(12)13/h4-6,8,10-11H,7,9H2,1-3H3,(H2,15,16,20). The molecule has 7 heteroatoms. The van der Waals surface area contributed by atoms with E-state index in [0.717, 1.165) is 23.6 Å². The number of fused-ring (bicyclic) bond motifs is 1. The molecule has 1 unspecified atom stereocenters. The lowest BCUT2D eigenvalue weighted by Crippen LogP contribution is -2.41. The number of nitrogens with zero attached hydrogens (tertiary/aromatic N) is 3. The number of hydrogen-bond acceptors (Lipinski definition) is 4. The van der Waals surface area contributed by atoms with E-state index in [2.05, 4.69) is 20.8 Å². The van der Waals surface area contributed by atoms with E-state index in [9.17, 15) is 4.79 Å². The molecule has 21 heavy (non-hydrogen) atoms. The Balaban J connectivity index is 2.20. The minimum atomic E-state index is -0.177. The number of hydrogen-bond donors (Lipinski definition) is 2. The second-order valence-corrected chi connectivity index (χ2v) is 6.08. The van der Waals surface area contributed by atoms with Gasteiger partial charge in [0.15, 0.2) is 11.5 Å². The van der Waals surface area contributed by atoms with Gasteiger partial charge in [0.1, 0.15) is 0 Å². The number of nitrogens with one attached hydrogen (secondary N) is 2. The van der Waals surface area contributed by atoms with Crippen molar-refractivity contribution < 1.29 is 4.79 Å². The molecule has 2 amide bonds. The molecule has 0 aromatic carbocycles. The fraction of sp³-hybridized carbons (Fsp3) is 0.500. The topological polar surface area (TPSA) is 71.3 Å². The summed E-state index contributed by atoms with van der Waals surface area (Å²) >= 11 is 1.74. The molecule has 1 atom stereocenters. The number of pyridine rings is 1. The van der Waals surface area contributed by atoms with Gasteiger partial charge in [-0.25, -0.2) is 4.79 Å². The Morgan fingerprint density at radius 3 is 2.86 bits per heavy atom. The zero-order valence-corrected chi connectivity index (χ0v) is 13.4. The Morgan fingerprint density at radius 2 is 2.14 bits per heavy atom. The molecule has 2 aromatic heterocycles. The van der Waals surface area contributed by atoms with E-state index >= 15 is 0 Å². The average Bonchev–Trinajstić information content (AvgIpc) is 2.86. The Labute approximate surface area is 128 Å². The normalized spacial score (nSPS) is 12.6. The maximum absolute atomic E-state index is 12.0. The van der Waals surface area contributed by atoms with Gasteiger partial charge in [0.25, 0.3) is 0 Å². The van der Waals surface area contributed by atoms with Crippen LogP contribution in [0.4, 0.5) is 4.79 Å². The van der Waals surface area contributed by atoms with Gasteiger partial charge in [0.2, 0.25) is 0 Å². The summed E-state index contributed by atoms with van der Waals surface area (Å²) < 4.78 is 1.92. The molecule has 2 aromatic rings. The van der Waals surface area contributed by atoms with E-state index < -0.39 is 0 Å². The molecule has 0 aliphatic rings. The molecular weight excluding hydrogens is 286 g/mol. The van der Waals surface area contributed by atoms with Gasteiger partial charge in [0.05, 0.1) is 6.04 Å². The third-order valence-corrected chi connectivity index (χ3v) is 3.63. The Bertz CT molecular complexity index is 598. The van der Waals surface area contributed by atoms with E-state index in [1.807, 2.05) is 48.9 Å². The maximum atomic E-state index is 12.0. The molecule has 6 nitrogen and oxygen atoms in total. The summed E-state index contributed by atoms with van der Waals surface area (Å²) in [6.07, 6.45) is 4.77. The molecule has 0 aliphatic heterocycles. The fourth-order valence-electron chi connectivity index (χ4n) is 2.06. The SMILES string of the molecule is CSCCC(NC(=O)NC(C)C)c1nnc2ccccn12. The third-order valence-electron chi connectivity index (χ3n) is 2.99. The molecule has 0 saturated carbocycles. The van der Waals surface area contributed by atoms with Crippen LogP contribution in [-0.4, -0.2) is 38.7 Å². The van der Waals surface area contributed by atoms with Gasteiger partial charge in [0, 0.05) is 12.2 Å². The van der Waals surface area contributed by atoms with E-state index in [1.165, 1.54) is 0 Å². The Hall–Kier alpha value is -1.76. The molecule has 0 spiro atoms. The van der Waals surface area contributed by atoms with Crippen molar-refractivity contribution in [3.8, 4) is 0 Å². The van der Waals surface area contributed by atoms with Gasteiger partial charge in [-0.05, 0) is 44.4 Å². The summed E-state index contributed by atoms with van der Waals surface area (Å²) in [7, 11) is 0. The minimum Gasteiger partial charge on any atom is -0.336 e. The number of carbonyl (C=O) groups is 1. The average molecular weight is 307 g/mol. The van der Waals surface area contributed by atoms with Crippen molar-refractivity contribution in [1.29, 1.82) is 0 Å². The van der Waals surface area contributed by atoms with Crippen molar-refractivity contribution in [2.45, 2.75) is 32.4 Å². The molecule has 0 radical (unpaired) electrons. The molecular formula is C14H21N5OS. The van der Waals surface area contributed by atoms with Crippen molar-refractivity contribution in [1.82, 2.24) is 25.2 Å². The zero-order chi connectivity index (χ0) is 15.2. The van der Waals surface area contributed by atoms with E-state index in [-0.39, 0.29) is 18.1 Å². The van der Waals surface area contributed by atoms with Crippen LogP contribution in [0, 0.1) is 0 Å². The second kappa shape index (κ2) is 7.31. The number of rotatable bonds is 6. The number of amides is 2. The lowest BCUT2D eigenvalue weighted by atomic mass is 10.2. The Morgan fingerprint density at radius 1 is 1.33 bits per heavy atom. The summed E-state index contributed by atoms with van der Waals surface area (Å²) in [5.41, 5.74) is 0.785.